The number of hydrogen-bond acceptors (Lipinski definition) is 2. The van der Waals surface area contributed by atoms with E-state index in [0.717, 1.165) is 6.42 Å². The highest BCUT2D eigenvalue weighted by Crippen LogP contribution is 2.55. The Bertz CT molecular complexity index is 428. The standard InChI is InChI=1S/C15H18O2/c1-2-17-15(16)14-12-9-5-7-10-6-3-4-8-11(10)13(12)14/h3-4,6,8,10,12,14H,2,5,7,9H2,1H3. The van der Waals surface area contributed by atoms with Crippen molar-refractivity contribution in [2.24, 2.45) is 17.8 Å². The van der Waals surface area contributed by atoms with Gasteiger partial charge in [0.1, 0.15) is 0 Å². The Morgan fingerprint density at radius 1 is 1.41 bits per heavy atom. The second-order valence-corrected chi connectivity index (χ2v) is 5.03. The molecule has 0 aliphatic heterocycles. The van der Waals surface area contributed by atoms with Gasteiger partial charge in [0.05, 0.1) is 12.5 Å². The molecule has 0 radical (unpaired) electrons. The average molecular weight is 230 g/mol. The summed E-state index contributed by atoms with van der Waals surface area (Å²) in [4.78, 5) is 11.9. The van der Waals surface area contributed by atoms with Crippen LogP contribution in [0.15, 0.2) is 35.5 Å². The highest BCUT2D eigenvalue weighted by Gasteiger charge is 2.52. The molecule has 2 nitrogen and oxygen atoms in total. The minimum Gasteiger partial charge on any atom is -0.466 e. The summed E-state index contributed by atoms with van der Waals surface area (Å²) in [6.45, 7) is 2.36. The minimum atomic E-state index is -0.0106. The number of carbonyl (C=O) groups excluding carboxylic acids is 1. The lowest BCUT2D eigenvalue weighted by molar-refractivity contribution is -0.144. The molecule has 0 aromatic heterocycles. The van der Waals surface area contributed by atoms with Crippen molar-refractivity contribution in [3.8, 4) is 0 Å². The van der Waals surface area contributed by atoms with Crippen LogP contribution in [0.2, 0.25) is 0 Å². The van der Waals surface area contributed by atoms with E-state index >= 15 is 0 Å². The van der Waals surface area contributed by atoms with Gasteiger partial charge in [-0.15, -0.1) is 0 Å². The monoisotopic (exact) mass is 230 g/mol. The van der Waals surface area contributed by atoms with Crippen molar-refractivity contribution in [2.75, 3.05) is 6.61 Å². The van der Waals surface area contributed by atoms with Crippen LogP contribution < -0.4 is 0 Å². The van der Waals surface area contributed by atoms with Gasteiger partial charge in [0.2, 0.25) is 0 Å². The number of allylic oxidation sites excluding steroid dienone is 5. The molecule has 1 saturated carbocycles. The van der Waals surface area contributed by atoms with Crippen LogP contribution in [0.25, 0.3) is 0 Å². The summed E-state index contributed by atoms with van der Waals surface area (Å²) in [5, 5.41) is 0. The first-order valence-electron chi connectivity index (χ1n) is 6.58. The van der Waals surface area contributed by atoms with Crippen molar-refractivity contribution in [3.63, 3.8) is 0 Å². The van der Waals surface area contributed by atoms with Gasteiger partial charge < -0.3 is 4.74 Å². The average Bonchev–Trinajstić information content (AvgIpc) is 3.05. The smallest absolute Gasteiger partial charge is 0.313 e. The molecule has 0 aromatic rings. The van der Waals surface area contributed by atoms with Gasteiger partial charge in [0.25, 0.3) is 0 Å². The third-order valence-corrected chi connectivity index (χ3v) is 4.06. The summed E-state index contributed by atoms with van der Waals surface area (Å²) >= 11 is 0. The van der Waals surface area contributed by atoms with E-state index in [9.17, 15) is 4.79 Å². The number of ether oxygens (including phenoxy) is 1. The topological polar surface area (TPSA) is 26.3 Å². The Kier molecular flexibility index (Phi) is 2.65. The maximum Gasteiger partial charge on any atom is 0.313 e. The number of fused-ring (bicyclic) bond motifs is 2. The van der Waals surface area contributed by atoms with Crippen molar-refractivity contribution in [1.82, 2.24) is 0 Å². The third-order valence-electron chi connectivity index (χ3n) is 4.06. The Balaban J connectivity index is 1.89. The van der Waals surface area contributed by atoms with Crippen molar-refractivity contribution in [3.05, 3.63) is 35.5 Å². The Morgan fingerprint density at radius 2 is 2.29 bits per heavy atom. The predicted octanol–water partition coefficient (Wildman–Crippen LogP) is 3.02. The van der Waals surface area contributed by atoms with E-state index in [1.54, 1.807) is 0 Å². The Hall–Kier alpha value is -1.31. The lowest BCUT2D eigenvalue weighted by Crippen LogP contribution is -2.09. The number of carbonyl (C=O) groups is 1. The van der Waals surface area contributed by atoms with E-state index in [1.807, 2.05) is 6.92 Å². The molecule has 0 saturated heterocycles. The minimum absolute atomic E-state index is 0.0106. The van der Waals surface area contributed by atoms with Gasteiger partial charge in [-0.2, -0.15) is 0 Å². The first-order valence-corrected chi connectivity index (χ1v) is 6.58. The van der Waals surface area contributed by atoms with Gasteiger partial charge in [-0.3, -0.25) is 4.79 Å². The van der Waals surface area contributed by atoms with Crippen LogP contribution >= 0.6 is 0 Å². The van der Waals surface area contributed by atoms with Crippen molar-refractivity contribution < 1.29 is 9.53 Å². The fourth-order valence-corrected chi connectivity index (χ4v) is 3.26. The zero-order valence-corrected chi connectivity index (χ0v) is 10.2. The molecule has 0 heterocycles. The van der Waals surface area contributed by atoms with E-state index in [0.29, 0.717) is 18.4 Å². The van der Waals surface area contributed by atoms with Gasteiger partial charge >= 0.3 is 5.97 Å². The fraction of sp³-hybridized carbons (Fsp3) is 0.533. The zero-order valence-electron chi connectivity index (χ0n) is 10.2. The predicted molar refractivity (Wildman–Crippen MR) is 66.3 cm³/mol. The van der Waals surface area contributed by atoms with E-state index < -0.39 is 0 Å². The molecule has 0 bridgehead atoms. The molecule has 0 N–H and O–H groups in total. The third kappa shape index (κ3) is 1.76. The molecule has 1 fully saturated rings. The second kappa shape index (κ2) is 4.17. The molecule has 0 amide bonds. The molecule has 0 spiro atoms. The molecule has 3 rings (SSSR count). The van der Waals surface area contributed by atoms with Crippen LogP contribution in [-0.2, 0) is 9.53 Å². The largest absolute Gasteiger partial charge is 0.466 e. The van der Waals surface area contributed by atoms with Crippen LogP contribution in [-0.4, -0.2) is 12.6 Å². The molecule has 90 valence electrons. The van der Waals surface area contributed by atoms with Crippen LogP contribution in [0.3, 0.4) is 0 Å². The van der Waals surface area contributed by atoms with E-state index in [2.05, 4.69) is 24.3 Å². The van der Waals surface area contributed by atoms with Crippen LogP contribution in [0.4, 0.5) is 0 Å². The van der Waals surface area contributed by atoms with E-state index in [4.69, 9.17) is 4.74 Å². The van der Waals surface area contributed by atoms with Crippen molar-refractivity contribution in [1.29, 1.82) is 0 Å². The normalized spacial score (nSPS) is 33.8. The lowest BCUT2D eigenvalue weighted by atomic mass is 9.90. The SMILES string of the molecule is CCOC(=O)C1C2=C3C=CC=CC3CCCC21. The van der Waals surface area contributed by atoms with Crippen LogP contribution in [0.5, 0.6) is 0 Å². The molecule has 3 aliphatic carbocycles. The zero-order chi connectivity index (χ0) is 11.8. The van der Waals surface area contributed by atoms with Crippen LogP contribution in [0.1, 0.15) is 26.2 Å². The number of hydrogen-bond donors (Lipinski definition) is 0. The first-order chi connectivity index (χ1) is 8.33. The summed E-state index contributed by atoms with van der Waals surface area (Å²) in [6.07, 6.45) is 12.3. The van der Waals surface area contributed by atoms with Crippen molar-refractivity contribution >= 4 is 5.97 Å². The molecular formula is C15H18O2. The number of esters is 1. The van der Waals surface area contributed by atoms with E-state index in [1.165, 1.54) is 24.0 Å². The first kappa shape index (κ1) is 10.8. The maximum atomic E-state index is 11.9. The molecule has 3 unspecified atom stereocenters. The summed E-state index contributed by atoms with van der Waals surface area (Å²) in [5.41, 5.74) is 2.76. The van der Waals surface area contributed by atoms with Gasteiger partial charge in [-0.1, -0.05) is 30.7 Å². The van der Waals surface area contributed by atoms with Gasteiger partial charge in [0, 0.05) is 5.92 Å². The maximum absolute atomic E-state index is 11.9. The highest BCUT2D eigenvalue weighted by molar-refractivity contribution is 5.83. The fourth-order valence-electron chi connectivity index (χ4n) is 3.26. The second-order valence-electron chi connectivity index (χ2n) is 5.03. The molecular weight excluding hydrogens is 212 g/mol. The summed E-state index contributed by atoms with van der Waals surface area (Å²) in [5.74, 6) is 1.08. The molecule has 3 aliphatic rings. The molecule has 0 aromatic carbocycles. The Morgan fingerprint density at radius 3 is 3.12 bits per heavy atom. The van der Waals surface area contributed by atoms with Crippen molar-refractivity contribution in [2.45, 2.75) is 26.2 Å². The molecule has 2 heteroatoms. The summed E-state index contributed by atoms with van der Waals surface area (Å²) in [7, 11) is 0. The molecule has 17 heavy (non-hydrogen) atoms. The lowest BCUT2D eigenvalue weighted by Gasteiger charge is -2.15. The van der Waals surface area contributed by atoms with E-state index in [-0.39, 0.29) is 11.9 Å². The van der Waals surface area contributed by atoms with Crippen LogP contribution in [0, 0.1) is 17.8 Å². The quantitative estimate of drug-likeness (QED) is 0.682. The highest BCUT2D eigenvalue weighted by atomic mass is 16.5. The number of rotatable bonds is 2. The molecule has 3 atom stereocenters. The summed E-state index contributed by atoms with van der Waals surface area (Å²) < 4.78 is 5.16. The summed E-state index contributed by atoms with van der Waals surface area (Å²) in [6, 6.07) is 0. The van der Waals surface area contributed by atoms with Gasteiger partial charge in [-0.05, 0) is 36.8 Å². The Labute approximate surface area is 102 Å². The van der Waals surface area contributed by atoms with Gasteiger partial charge in [0.15, 0.2) is 0 Å². The van der Waals surface area contributed by atoms with Gasteiger partial charge in [-0.25, -0.2) is 0 Å².